The number of amides is 2. The summed E-state index contributed by atoms with van der Waals surface area (Å²) in [5, 5.41) is 2.87. The van der Waals surface area contributed by atoms with Crippen molar-refractivity contribution in [1.82, 2.24) is 14.9 Å². The fourth-order valence-corrected chi connectivity index (χ4v) is 4.23. The number of carbonyl (C=O) groups excluding carboxylic acids is 2. The van der Waals surface area contributed by atoms with Crippen LogP contribution in [0.4, 0.5) is 16.3 Å². The number of hydrogen-bond acceptors (Lipinski definition) is 6. The lowest BCUT2D eigenvalue weighted by atomic mass is 10.1. The third-order valence-corrected chi connectivity index (χ3v) is 5.63. The molecule has 2 aliphatic heterocycles. The van der Waals surface area contributed by atoms with Crippen molar-refractivity contribution in [2.75, 3.05) is 29.9 Å². The zero-order valence-corrected chi connectivity index (χ0v) is 18.5. The van der Waals surface area contributed by atoms with Gasteiger partial charge in [0.2, 0.25) is 0 Å². The Hall–Kier alpha value is -3.16. The van der Waals surface area contributed by atoms with E-state index in [1.165, 1.54) is 6.20 Å². The molecular formula is C23H29N5O3. The maximum Gasteiger partial charge on any atom is 0.410 e. The highest BCUT2D eigenvalue weighted by Crippen LogP contribution is 2.34. The summed E-state index contributed by atoms with van der Waals surface area (Å²) in [6, 6.07) is 7.70. The van der Waals surface area contributed by atoms with Gasteiger partial charge in [-0.25, -0.2) is 9.78 Å². The van der Waals surface area contributed by atoms with Crippen LogP contribution in [-0.2, 0) is 4.74 Å². The second-order valence-corrected chi connectivity index (χ2v) is 9.28. The monoisotopic (exact) mass is 423 g/mol. The standard InChI is InChI=1S/C23H29N5O3/c1-15-6-5-7-17(10-15)25-21(29)18-11-24-12-20(26-18)27-13-16-8-9-28(19(16)14-27)22(30)31-23(2,3)4/h5-7,10-12,16,19H,8-9,13-14H2,1-4H3,(H,25,29). The van der Waals surface area contributed by atoms with E-state index >= 15 is 0 Å². The second-order valence-electron chi connectivity index (χ2n) is 9.28. The van der Waals surface area contributed by atoms with E-state index in [1.807, 2.05) is 56.9 Å². The van der Waals surface area contributed by atoms with E-state index in [0.717, 1.165) is 24.2 Å². The highest BCUT2D eigenvalue weighted by atomic mass is 16.6. The molecule has 8 nitrogen and oxygen atoms in total. The molecule has 8 heteroatoms. The van der Waals surface area contributed by atoms with Gasteiger partial charge in [-0.3, -0.25) is 9.78 Å². The molecule has 4 rings (SSSR count). The molecule has 0 saturated carbocycles. The van der Waals surface area contributed by atoms with Crippen LogP contribution in [0.3, 0.4) is 0 Å². The largest absolute Gasteiger partial charge is 0.444 e. The van der Waals surface area contributed by atoms with Crippen molar-refractivity contribution in [3.8, 4) is 0 Å². The summed E-state index contributed by atoms with van der Waals surface area (Å²) in [4.78, 5) is 38.0. The van der Waals surface area contributed by atoms with E-state index in [-0.39, 0.29) is 23.7 Å². The second kappa shape index (κ2) is 8.17. The number of aryl methyl sites for hydroxylation is 1. The highest BCUT2D eigenvalue weighted by molar-refractivity contribution is 6.02. The smallest absolute Gasteiger partial charge is 0.410 e. The average molecular weight is 424 g/mol. The normalized spacial score (nSPS) is 20.5. The van der Waals surface area contributed by atoms with Crippen molar-refractivity contribution in [3.63, 3.8) is 0 Å². The third-order valence-electron chi connectivity index (χ3n) is 5.63. The fourth-order valence-electron chi connectivity index (χ4n) is 4.23. The van der Waals surface area contributed by atoms with Crippen LogP contribution in [0.1, 0.15) is 43.2 Å². The zero-order valence-electron chi connectivity index (χ0n) is 18.5. The lowest BCUT2D eigenvalue weighted by Crippen LogP contribution is -2.42. The van der Waals surface area contributed by atoms with E-state index in [2.05, 4.69) is 20.2 Å². The van der Waals surface area contributed by atoms with Crippen LogP contribution >= 0.6 is 0 Å². The molecule has 2 unspecified atom stereocenters. The van der Waals surface area contributed by atoms with Crippen molar-refractivity contribution >= 4 is 23.5 Å². The summed E-state index contributed by atoms with van der Waals surface area (Å²) in [7, 11) is 0. The van der Waals surface area contributed by atoms with Crippen molar-refractivity contribution in [2.45, 2.75) is 45.8 Å². The van der Waals surface area contributed by atoms with Crippen LogP contribution in [0.5, 0.6) is 0 Å². The Bertz CT molecular complexity index is 987. The molecular weight excluding hydrogens is 394 g/mol. The average Bonchev–Trinajstić information content (AvgIpc) is 3.27. The molecule has 1 N–H and O–H groups in total. The van der Waals surface area contributed by atoms with Crippen LogP contribution < -0.4 is 10.2 Å². The first-order valence-corrected chi connectivity index (χ1v) is 10.6. The van der Waals surface area contributed by atoms with Gasteiger partial charge in [0, 0.05) is 31.2 Å². The van der Waals surface area contributed by atoms with Crippen molar-refractivity contribution in [1.29, 1.82) is 0 Å². The van der Waals surface area contributed by atoms with Crippen molar-refractivity contribution in [2.24, 2.45) is 5.92 Å². The zero-order chi connectivity index (χ0) is 22.2. The molecule has 2 aromatic rings. The Kier molecular flexibility index (Phi) is 5.56. The van der Waals surface area contributed by atoms with Crippen molar-refractivity contribution < 1.29 is 14.3 Å². The van der Waals surface area contributed by atoms with E-state index in [9.17, 15) is 9.59 Å². The Morgan fingerprint density at radius 2 is 2.00 bits per heavy atom. The number of nitrogens with zero attached hydrogens (tertiary/aromatic N) is 4. The van der Waals surface area contributed by atoms with Crippen LogP contribution in [0, 0.1) is 12.8 Å². The van der Waals surface area contributed by atoms with E-state index in [0.29, 0.717) is 24.8 Å². The van der Waals surface area contributed by atoms with Gasteiger partial charge in [-0.05, 0) is 51.8 Å². The Labute approximate surface area is 182 Å². The molecule has 0 radical (unpaired) electrons. The molecule has 2 amide bonds. The number of aromatic nitrogens is 2. The summed E-state index contributed by atoms with van der Waals surface area (Å²) in [6.45, 7) is 9.75. The maximum absolute atomic E-state index is 12.7. The lowest BCUT2D eigenvalue weighted by Gasteiger charge is -2.28. The minimum absolute atomic E-state index is 0.0847. The predicted octanol–water partition coefficient (Wildman–Crippen LogP) is 3.48. The van der Waals surface area contributed by atoms with Crippen LogP contribution in [0.25, 0.3) is 0 Å². The van der Waals surface area contributed by atoms with Gasteiger partial charge in [0.25, 0.3) is 5.91 Å². The van der Waals surface area contributed by atoms with Crippen LogP contribution in [-0.4, -0.2) is 58.1 Å². The molecule has 31 heavy (non-hydrogen) atoms. The highest BCUT2D eigenvalue weighted by Gasteiger charge is 2.45. The number of anilines is 2. The topological polar surface area (TPSA) is 87.7 Å². The maximum atomic E-state index is 12.7. The molecule has 2 fully saturated rings. The Morgan fingerprint density at radius 1 is 1.19 bits per heavy atom. The van der Waals surface area contributed by atoms with Gasteiger partial charge in [0.15, 0.2) is 0 Å². The van der Waals surface area contributed by atoms with Gasteiger partial charge >= 0.3 is 6.09 Å². The quantitative estimate of drug-likeness (QED) is 0.813. The molecule has 164 valence electrons. The third kappa shape index (κ3) is 4.78. The molecule has 1 aromatic carbocycles. The molecule has 2 atom stereocenters. The summed E-state index contributed by atoms with van der Waals surface area (Å²) >= 11 is 0. The number of ether oxygens (including phenoxy) is 1. The molecule has 0 aliphatic carbocycles. The summed E-state index contributed by atoms with van der Waals surface area (Å²) in [5.41, 5.74) is 1.54. The molecule has 0 spiro atoms. The predicted molar refractivity (Wildman–Crippen MR) is 118 cm³/mol. The number of benzene rings is 1. The number of likely N-dealkylation sites (tertiary alicyclic amines) is 1. The van der Waals surface area contributed by atoms with Crippen LogP contribution in [0.15, 0.2) is 36.7 Å². The number of carbonyl (C=O) groups is 2. The van der Waals surface area contributed by atoms with Gasteiger partial charge in [-0.15, -0.1) is 0 Å². The van der Waals surface area contributed by atoms with Gasteiger partial charge in [-0.1, -0.05) is 12.1 Å². The fraction of sp³-hybridized carbons (Fsp3) is 0.478. The first-order valence-electron chi connectivity index (χ1n) is 10.6. The molecule has 1 aromatic heterocycles. The van der Waals surface area contributed by atoms with Crippen molar-refractivity contribution in [3.05, 3.63) is 47.9 Å². The van der Waals surface area contributed by atoms with Gasteiger partial charge < -0.3 is 19.9 Å². The van der Waals surface area contributed by atoms with E-state index in [1.54, 1.807) is 6.20 Å². The number of hydrogen-bond donors (Lipinski definition) is 1. The number of rotatable bonds is 3. The minimum atomic E-state index is -0.516. The summed E-state index contributed by atoms with van der Waals surface area (Å²) < 4.78 is 5.57. The van der Waals surface area contributed by atoms with Gasteiger partial charge in [0.05, 0.1) is 18.4 Å². The van der Waals surface area contributed by atoms with Crippen LogP contribution in [0.2, 0.25) is 0 Å². The Morgan fingerprint density at radius 3 is 2.74 bits per heavy atom. The molecule has 0 bridgehead atoms. The first-order chi connectivity index (χ1) is 14.7. The summed E-state index contributed by atoms with van der Waals surface area (Å²) in [6.07, 6.45) is 3.81. The number of fused-ring (bicyclic) bond motifs is 1. The molecule has 3 heterocycles. The molecule has 2 aliphatic rings. The van der Waals surface area contributed by atoms with E-state index < -0.39 is 5.60 Å². The number of nitrogens with one attached hydrogen (secondary N) is 1. The van der Waals surface area contributed by atoms with Gasteiger partial charge in [-0.2, -0.15) is 0 Å². The lowest BCUT2D eigenvalue weighted by molar-refractivity contribution is 0.0229. The Balaban J connectivity index is 1.44. The summed E-state index contributed by atoms with van der Waals surface area (Å²) in [5.74, 6) is 0.712. The minimum Gasteiger partial charge on any atom is -0.444 e. The first kappa shape index (κ1) is 21.1. The molecule has 2 saturated heterocycles. The SMILES string of the molecule is Cc1cccc(NC(=O)c2cncc(N3CC4CCN(C(=O)OC(C)(C)C)C4C3)n2)c1. The van der Waals surface area contributed by atoms with Gasteiger partial charge in [0.1, 0.15) is 17.1 Å². The van der Waals surface area contributed by atoms with E-state index in [4.69, 9.17) is 4.74 Å².